The summed E-state index contributed by atoms with van der Waals surface area (Å²) in [5.41, 5.74) is 0. The molecule has 0 radical (unpaired) electrons. The summed E-state index contributed by atoms with van der Waals surface area (Å²) in [6.45, 7) is 1.65. The Morgan fingerprint density at radius 2 is 2.15 bits per heavy atom. The molecular formula is C16H28IN5O3S2. The van der Waals surface area contributed by atoms with E-state index in [-0.39, 0.29) is 42.5 Å². The zero-order chi connectivity index (χ0) is 19.2. The van der Waals surface area contributed by atoms with Gasteiger partial charge in [-0.25, -0.2) is 13.4 Å². The quantitative estimate of drug-likeness (QED) is 0.311. The van der Waals surface area contributed by atoms with Gasteiger partial charge in [0.15, 0.2) is 5.96 Å². The van der Waals surface area contributed by atoms with E-state index < -0.39 is 10.0 Å². The minimum absolute atomic E-state index is 0. The summed E-state index contributed by atoms with van der Waals surface area (Å²) in [5, 5.41) is 8.39. The number of hydrogen-bond acceptors (Lipinski definition) is 5. The van der Waals surface area contributed by atoms with Crippen molar-refractivity contribution in [1.29, 1.82) is 0 Å². The molecule has 1 atom stereocenters. The van der Waals surface area contributed by atoms with Crippen LogP contribution in [0.3, 0.4) is 0 Å². The van der Waals surface area contributed by atoms with E-state index in [1.54, 1.807) is 25.4 Å². The highest BCUT2D eigenvalue weighted by Crippen LogP contribution is 2.19. The maximum atomic E-state index is 11.9. The number of nitrogens with one attached hydrogen (secondary N) is 2. The van der Waals surface area contributed by atoms with Gasteiger partial charge in [0.05, 0.1) is 12.8 Å². The number of sulfonamides is 1. The maximum Gasteiger partial charge on any atom is 0.243 e. The molecule has 1 aliphatic rings. The largest absolute Gasteiger partial charge is 0.355 e. The number of amides is 1. The summed E-state index contributed by atoms with van der Waals surface area (Å²) in [4.78, 5) is 18.8. The second kappa shape index (κ2) is 11.2. The Labute approximate surface area is 182 Å². The molecule has 2 heterocycles. The molecule has 1 amide bonds. The number of likely N-dealkylation sites (N-methyl/N-ethyl adjacent to an activating group) is 1. The molecule has 1 aromatic heterocycles. The van der Waals surface area contributed by atoms with Crippen molar-refractivity contribution < 1.29 is 13.2 Å². The van der Waals surface area contributed by atoms with Crippen LogP contribution in [0.5, 0.6) is 0 Å². The van der Waals surface area contributed by atoms with Crippen molar-refractivity contribution in [3.8, 4) is 0 Å². The Balaban J connectivity index is 0.00000364. The molecule has 0 spiro atoms. The molecule has 1 fully saturated rings. The fraction of sp³-hybridized carbons (Fsp3) is 0.625. The van der Waals surface area contributed by atoms with Gasteiger partial charge in [0.1, 0.15) is 6.54 Å². The van der Waals surface area contributed by atoms with Crippen molar-refractivity contribution in [3.63, 3.8) is 0 Å². The molecule has 0 bridgehead atoms. The van der Waals surface area contributed by atoms with Gasteiger partial charge in [-0.1, -0.05) is 6.07 Å². The van der Waals surface area contributed by atoms with Crippen LogP contribution in [-0.4, -0.2) is 75.5 Å². The lowest BCUT2D eigenvalue weighted by Gasteiger charge is -2.23. The summed E-state index contributed by atoms with van der Waals surface area (Å²) in [7, 11) is 0.164. The smallest absolute Gasteiger partial charge is 0.243 e. The SMILES string of the molecule is CN(C)C(=O)CN=C(NCc1cccs1)NC[C@H]1CCCN1S(C)(=O)=O.I. The van der Waals surface area contributed by atoms with Crippen LogP contribution in [0, 0.1) is 0 Å². The predicted octanol–water partition coefficient (Wildman–Crippen LogP) is 0.913. The predicted molar refractivity (Wildman–Crippen MR) is 120 cm³/mol. The normalized spacial score (nSPS) is 18.0. The van der Waals surface area contributed by atoms with Crippen LogP contribution < -0.4 is 10.6 Å². The molecule has 2 N–H and O–H groups in total. The topological polar surface area (TPSA) is 94.1 Å². The van der Waals surface area contributed by atoms with Crippen LogP contribution in [0.1, 0.15) is 17.7 Å². The summed E-state index contributed by atoms with van der Waals surface area (Å²) < 4.78 is 25.3. The van der Waals surface area contributed by atoms with Gasteiger partial charge in [0, 0.05) is 38.1 Å². The van der Waals surface area contributed by atoms with Crippen LogP contribution in [0.2, 0.25) is 0 Å². The summed E-state index contributed by atoms with van der Waals surface area (Å²) in [5.74, 6) is 0.412. The lowest BCUT2D eigenvalue weighted by molar-refractivity contribution is -0.127. The standard InChI is InChI=1S/C16H27N5O3S2.HI/c1-20(2)15(22)12-19-16(18-11-14-7-5-9-25-14)17-10-13-6-4-8-21(13)26(3,23)24;/h5,7,9,13H,4,6,8,10-12H2,1-3H3,(H2,17,18,19);1H/t13-;/m1./s1. The molecule has 1 aromatic rings. The molecule has 1 aliphatic heterocycles. The average molecular weight is 529 g/mol. The molecule has 0 aliphatic carbocycles. The fourth-order valence-corrected chi connectivity index (χ4v) is 4.54. The van der Waals surface area contributed by atoms with Gasteiger partial charge >= 0.3 is 0 Å². The zero-order valence-corrected chi connectivity index (χ0v) is 19.8. The summed E-state index contributed by atoms with van der Waals surface area (Å²) in [6, 6.07) is 3.90. The average Bonchev–Trinajstić information content (AvgIpc) is 3.24. The number of guanidine groups is 1. The fourth-order valence-electron chi connectivity index (χ4n) is 2.71. The molecule has 0 saturated carbocycles. The Morgan fingerprint density at radius 1 is 1.41 bits per heavy atom. The molecule has 11 heteroatoms. The van der Waals surface area contributed by atoms with E-state index in [4.69, 9.17) is 0 Å². The first kappa shape index (κ1) is 24.1. The van der Waals surface area contributed by atoms with Gasteiger partial charge in [0.25, 0.3) is 0 Å². The second-order valence-electron chi connectivity index (χ2n) is 6.44. The number of halogens is 1. The third kappa shape index (κ3) is 7.92. The maximum absolute atomic E-state index is 11.9. The Kier molecular flexibility index (Phi) is 9.98. The molecular weight excluding hydrogens is 501 g/mol. The summed E-state index contributed by atoms with van der Waals surface area (Å²) in [6.07, 6.45) is 2.91. The van der Waals surface area contributed by atoms with Crippen molar-refractivity contribution in [3.05, 3.63) is 22.4 Å². The van der Waals surface area contributed by atoms with Gasteiger partial charge in [0.2, 0.25) is 15.9 Å². The number of rotatable bonds is 7. The highest BCUT2D eigenvalue weighted by atomic mass is 127. The third-order valence-electron chi connectivity index (χ3n) is 4.14. The molecule has 0 aromatic carbocycles. The monoisotopic (exact) mass is 529 g/mol. The van der Waals surface area contributed by atoms with E-state index in [0.717, 1.165) is 17.7 Å². The van der Waals surface area contributed by atoms with E-state index >= 15 is 0 Å². The highest BCUT2D eigenvalue weighted by molar-refractivity contribution is 14.0. The minimum Gasteiger partial charge on any atom is -0.355 e. The first-order valence-electron chi connectivity index (χ1n) is 8.49. The van der Waals surface area contributed by atoms with Crippen molar-refractivity contribution in [1.82, 2.24) is 19.8 Å². The number of carbonyl (C=O) groups is 1. The van der Waals surface area contributed by atoms with Gasteiger partial charge in [-0.15, -0.1) is 35.3 Å². The van der Waals surface area contributed by atoms with Crippen LogP contribution in [0.15, 0.2) is 22.5 Å². The third-order valence-corrected chi connectivity index (χ3v) is 6.34. The number of nitrogens with zero attached hydrogens (tertiary/aromatic N) is 3. The number of aliphatic imine (C=N–C) groups is 1. The molecule has 1 saturated heterocycles. The lowest BCUT2D eigenvalue weighted by Crippen LogP contribution is -2.46. The van der Waals surface area contributed by atoms with E-state index in [1.807, 2.05) is 17.5 Å². The first-order chi connectivity index (χ1) is 12.3. The molecule has 27 heavy (non-hydrogen) atoms. The lowest BCUT2D eigenvalue weighted by atomic mass is 10.2. The van der Waals surface area contributed by atoms with Crippen molar-refractivity contribution in [2.75, 3.05) is 40.0 Å². The molecule has 2 rings (SSSR count). The first-order valence-corrected chi connectivity index (χ1v) is 11.2. The Hall–Kier alpha value is -0.920. The number of carbonyl (C=O) groups excluding carboxylic acids is 1. The van der Waals surface area contributed by atoms with Crippen LogP contribution in [0.4, 0.5) is 0 Å². The molecule has 8 nitrogen and oxygen atoms in total. The van der Waals surface area contributed by atoms with E-state index in [9.17, 15) is 13.2 Å². The van der Waals surface area contributed by atoms with Crippen molar-refractivity contribution in [2.24, 2.45) is 4.99 Å². The Morgan fingerprint density at radius 3 is 2.74 bits per heavy atom. The Bertz CT molecular complexity index is 722. The van der Waals surface area contributed by atoms with Gasteiger partial charge in [-0.05, 0) is 24.3 Å². The number of thiophene rings is 1. The van der Waals surface area contributed by atoms with E-state index in [0.29, 0.717) is 25.6 Å². The van der Waals surface area contributed by atoms with Gasteiger partial charge in [-0.2, -0.15) is 4.31 Å². The van der Waals surface area contributed by atoms with Gasteiger partial charge < -0.3 is 15.5 Å². The van der Waals surface area contributed by atoms with Gasteiger partial charge in [-0.3, -0.25) is 4.79 Å². The van der Waals surface area contributed by atoms with Crippen LogP contribution in [-0.2, 0) is 21.4 Å². The second-order valence-corrected chi connectivity index (χ2v) is 9.40. The zero-order valence-electron chi connectivity index (χ0n) is 15.8. The van der Waals surface area contributed by atoms with E-state index in [1.165, 1.54) is 15.5 Å². The number of hydrogen-bond donors (Lipinski definition) is 2. The van der Waals surface area contributed by atoms with Crippen molar-refractivity contribution >= 4 is 57.2 Å². The molecule has 154 valence electrons. The highest BCUT2D eigenvalue weighted by Gasteiger charge is 2.31. The molecule has 0 unspecified atom stereocenters. The van der Waals surface area contributed by atoms with E-state index in [2.05, 4.69) is 15.6 Å². The van der Waals surface area contributed by atoms with Crippen LogP contribution in [0.25, 0.3) is 0 Å². The minimum atomic E-state index is -3.21. The summed E-state index contributed by atoms with van der Waals surface area (Å²) >= 11 is 1.63. The van der Waals surface area contributed by atoms with Crippen molar-refractivity contribution in [2.45, 2.75) is 25.4 Å². The van der Waals surface area contributed by atoms with Crippen LogP contribution >= 0.6 is 35.3 Å².